The molecular weight excluding hydrogens is 330 g/mol. The lowest BCUT2D eigenvalue weighted by atomic mass is 10.3. The summed E-state index contributed by atoms with van der Waals surface area (Å²) in [5, 5.41) is 2.56. The van der Waals surface area contributed by atoms with Gasteiger partial charge in [-0.25, -0.2) is 0 Å². The van der Waals surface area contributed by atoms with Crippen molar-refractivity contribution in [3.05, 3.63) is 52.1 Å². The van der Waals surface area contributed by atoms with Crippen molar-refractivity contribution in [2.75, 3.05) is 6.54 Å². The van der Waals surface area contributed by atoms with E-state index in [1.807, 2.05) is 13.0 Å². The first kappa shape index (κ1) is 17.5. The van der Waals surface area contributed by atoms with Gasteiger partial charge in [-0.1, -0.05) is 0 Å². The second-order valence-electron chi connectivity index (χ2n) is 4.80. The number of thiophene rings is 1. The Labute approximate surface area is 142 Å². The number of nitrogens with one attached hydrogen (secondary N) is 3. The molecule has 0 aliphatic carbocycles. The monoisotopic (exact) mass is 347 g/mol. The molecule has 3 N–H and O–H groups in total. The summed E-state index contributed by atoms with van der Waals surface area (Å²) in [7, 11) is 0. The van der Waals surface area contributed by atoms with E-state index in [1.54, 1.807) is 18.2 Å². The molecule has 0 spiro atoms. The SMILES string of the molecule is Cc1ccc(C(=O)NNC(=O)CCNC(=O)C=Cc2ccco2)s1. The van der Waals surface area contributed by atoms with Gasteiger partial charge in [0.2, 0.25) is 11.8 Å². The third kappa shape index (κ3) is 5.73. The minimum absolute atomic E-state index is 0.0457. The molecule has 0 unspecified atom stereocenters. The molecule has 2 aromatic rings. The Morgan fingerprint density at radius 2 is 2.04 bits per heavy atom. The lowest BCUT2D eigenvalue weighted by Crippen LogP contribution is -2.42. The number of hydrogen-bond donors (Lipinski definition) is 3. The predicted molar refractivity (Wildman–Crippen MR) is 90.0 cm³/mol. The third-order valence-electron chi connectivity index (χ3n) is 2.87. The number of aryl methyl sites for hydroxylation is 1. The maximum absolute atomic E-state index is 11.7. The fourth-order valence-electron chi connectivity index (χ4n) is 1.71. The van der Waals surface area contributed by atoms with Crippen molar-refractivity contribution in [2.45, 2.75) is 13.3 Å². The number of furan rings is 1. The molecule has 7 nitrogen and oxygen atoms in total. The molecule has 0 aliphatic heterocycles. The molecule has 0 fully saturated rings. The van der Waals surface area contributed by atoms with Crippen molar-refractivity contribution in [3.63, 3.8) is 0 Å². The molecule has 0 bridgehead atoms. The summed E-state index contributed by atoms with van der Waals surface area (Å²) in [5.74, 6) is -0.537. The number of carbonyl (C=O) groups excluding carboxylic acids is 3. The summed E-state index contributed by atoms with van der Waals surface area (Å²) in [5.41, 5.74) is 4.63. The molecule has 3 amide bonds. The van der Waals surface area contributed by atoms with Crippen LogP contribution in [0.25, 0.3) is 6.08 Å². The molecule has 126 valence electrons. The lowest BCUT2D eigenvalue weighted by Gasteiger charge is -2.06. The Kier molecular flexibility index (Phi) is 6.32. The molecule has 2 heterocycles. The normalized spacial score (nSPS) is 10.5. The zero-order valence-electron chi connectivity index (χ0n) is 13.0. The van der Waals surface area contributed by atoms with Gasteiger partial charge in [0.05, 0.1) is 11.1 Å². The molecule has 0 atom stereocenters. The average molecular weight is 347 g/mol. The van der Waals surface area contributed by atoms with Crippen molar-refractivity contribution in [1.29, 1.82) is 0 Å². The molecule has 0 aromatic carbocycles. The fraction of sp³-hybridized carbons (Fsp3) is 0.188. The van der Waals surface area contributed by atoms with Crippen LogP contribution in [0.5, 0.6) is 0 Å². The minimum atomic E-state index is -0.396. The Bertz CT molecular complexity index is 734. The zero-order chi connectivity index (χ0) is 17.4. The average Bonchev–Trinajstić information content (AvgIpc) is 3.22. The van der Waals surface area contributed by atoms with Gasteiger partial charge in [0.25, 0.3) is 5.91 Å². The standard InChI is InChI=1S/C16H17N3O4S/c1-11-4-6-13(24-11)16(22)19-18-15(21)8-9-17-14(20)7-5-12-3-2-10-23-12/h2-7,10H,8-9H2,1H3,(H,17,20)(H,18,21)(H,19,22). The van der Waals surface area contributed by atoms with Crippen molar-refractivity contribution in [1.82, 2.24) is 16.2 Å². The van der Waals surface area contributed by atoms with Crippen LogP contribution >= 0.6 is 11.3 Å². The fourth-order valence-corrected chi connectivity index (χ4v) is 2.47. The highest BCUT2D eigenvalue weighted by Gasteiger charge is 2.09. The summed E-state index contributed by atoms with van der Waals surface area (Å²) >= 11 is 1.34. The van der Waals surface area contributed by atoms with Crippen LogP contribution in [0.4, 0.5) is 0 Å². The van der Waals surface area contributed by atoms with E-state index in [9.17, 15) is 14.4 Å². The summed E-state index contributed by atoms with van der Waals surface area (Å²) in [6, 6.07) is 6.95. The van der Waals surface area contributed by atoms with Gasteiger partial charge in [0, 0.05) is 23.9 Å². The van der Waals surface area contributed by atoms with E-state index < -0.39 is 5.91 Å². The van der Waals surface area contributed by atoms with Gasteiger partial charge in [0.15, 0.2) is 0 Å². The van der Waals surface area contributed by atoms with Gasteiger partial charge in [-0.3, -0.25) is 25.2 Å². The number of hydrogen-bond acceptors (Lipinski definition) is 5. The molecule has 8 heteroatoms. The van der Waals surface area contributed by atoms with Crippen LogP contribution in [0.1, 0.15) is 26.7 Å². The summed E-state index contributed by atoms with van der Waals surface area (Å²) in [6.07, 6.45) is 4.40. The van der Waals surface area contributed by atoms with Gasteiger partial charge in [-0.15, -0.1) is 11.3 Å². The van der Waals surface area contributed by atoms with Gasteiger partial charge in [-0.2, -0.15) is 0 Å². The minimum Gasteiger partial charge on any atom is -0.465 e. The molecule has 0 radical (unpaired) electrons. The van der Waals surface area contributed by atoms with Crippen molar-refractivity contribution in [2.24, 2.45) is 0 Å². The second-order valence-corrected chi connectivity index (χ2v) is 6.09. The maximum Gasteiger partial charge on any atom is 0.279 e. The molecular formula is C16H17N3O4S. The van der Waals surface area contributed by atoms with Gasteiger partial charge < -0.3 is 9.73 Å². The smallest absolute Gasteiger partial charge is 0.279 e. The van der Waals surface area contributed by atoms with Crippen molar-refractivity contribution in [3.8, 4) is 0 Å². The second kappa shape index (κ2) is 8.68. The van der Waals surface area contributed by atoms with E-state index in [4.69, 9.17) is 4.42 Å². The van der Waals surface area contributed by atoms with Gasteiger partial charge >= 0.3 is 0 Å². The largest absolute Gasteiger partial charge is 0.465 e. The highest BCUT2D eigenvalue weighted by atomic mass is 32.1. The van der Waals surface area contributed by atoms with E-state index in [1.165, 1.54) is 29.8 Å². The Morgan fingerprint density at radius 3 is 2.71 bits per heavy atom. The lowest BCUT2D eigenvalue weighted by molar-refractivity contribution is -0.122. The van der Waals surface area contributed by atoms with Crippen LogP contribution in [0.3, 0.4) is 0 Å². The Balaban J connectivity index is 1.62. The first-order valence-corrected chi connectivity index (χ1v) is 8.01. The summed E-state index contributed by atoms with van der Waals surface area (Å²) in [6.45, 7) is 2.05. The van der Waals surface area contributed by atoms with Crippen LogP contribution in [-0.4, -0.2) is 24.3 Å². The first-order chi connectivity index (χ1) is 11.5. The van der Waals surface area contributed by atoms with E-state index in [0.717, 1.165) is 4.88 Å². The highest BCUT2D eigenvalue weighted by Crippen LogP contribution is 2.14. The molecule has 2 aromatic heterocycles. The Morgan fingerprint density at radius 1 is 1.21 bits per heavy atom. The first-order valence-electron chi connectivity index (χ1n) is 7.19. The van der Waals surface area contributed by atoms with E-state index in [-0.39, 0.29) is 24.8 Å². The number of carbonyl (C=O) groups is 3. The molecule has 0 aliphatic rings. The summed E-state index contributed by atoms with van der Waals surface area (Å²) < 4.78 is 5.05. The van der Waals surface area contributed by atoms with Crippen LogP contribution in [0.15, 0.2) is 41.0 Å². The molecule has 24 heavy (non-hydrogen) atoms. The predicted octanol–water partition coefficient (Wildman–Crippen LogP) is 1.63. The number of amides is 3. The van der Waals surface area contributed by atoms with Crippen LogP contribution in [-0.2, 0) is 9.59 Å². The Hall–Kier alpha value is -2.87. The van der Waals surface area contributed by atoms with Crippen LogP contribution in [0.2, 0.25) is 0 Å². The van der Waals surface area contributed by atoms with E-state index in [2.05, 4.69) is 16.2 Å². The molecule has 2 rings (SSSR count). The van der Waals surface area contributed by atoms with Crippen molar-refractivity contribution >= 4 is 35.1 Å². The van der Waals surface area contributed by atoms with Gasteiger partial charge in [-0.05, 0) is 37.3 Å². The topological polar surface area (TPSA) is 100 Å². The third-order valence-corrected chi connectivity index (χ3v) is 3.87. The van der Waals surface area contributed by atoms with Crippen LogP contribution in [0, 0.1) is 6.92 Å². The maximum atomic E-state index is 11.7. The zero-order valence-corrected chi connectivity index (χ0v) is 13.8. The summed E-state index contributed by atoms with van der Waals surface area (Å²) in [4.78, 5) is 36.4. The van der Waals surface area contributed by atoms with E-state index in [0.29, 0.717) is 10.6 Å². The van der Waals surface area contributed by atoms with Crippen molar-refractivity contribution < 1.29 is 18.8 Å². The number of rotatable bonds is 6. The van der Waals surface area contributed by atoms with E-state index >= 15 is 0 Å². The highest BCUT2D eigenvalue weighted by molar-refractivity contribution is 7.13. The molecule has 0 saturated heterocycles. The number of hydrazine groups is 1. The molecule has 0 saturated carbocycles. The van der Waals surface area contributed by atoms with Crippen LogP contribution < -0.4 is 16.2 Å². The van der Waals surface area contributed by atoms with Gasteiger partial charge in [0.1, 0.15) is 5.76 Å². The quantitative estimate of drug-likeness (QED) is 0.546.